The van der Waals surface area contributed by atoms with Gasteiger partial charge in [-0.15, -0.1) is 10.2 Å². The lowest BCUT2D eigenvalue weighted by Gasteiger charge is -2.09. The molecule has 1 aromatic heterocycles. The molecule has 1 aromatic carbocycles. The van der Waals surface area contributed by atoms with Crippen LogP contribution in [0.2, 0.25) is 0 Å². The van der Waals surface area contributed by atoms with Crippen molar-refractivity contribution in [2.45, 2.75) is 57.5 Å². The number of Topliss-reactive ketones (excluding diaryl/α,β-unsaturated/α-hetero) is 1. The maximum absolute atomic E-state index is 12.7. The van der Waals surface area contributed by atoms with Gasteiger partial charge in [-0.05, 0) is 24.8 Å². The Kier molecular flexibility index (Phi) is 8.51. The van der Waals surface area contributed by atoms with Crippen molar-refractivity contribution in [1.82, 2.24) is 14.9 Å². The summed E-state index contributed by atoms with van der Waals surface area (Å²) < 4.78 is 7.46. The van der Waals surface area contributed by atoms with Crippen LogP contribution in [-0.4, -0.2) is 39.7 Å². The molecule has 6 nitrogen and oxygen atoms in total. The van der Waals surface area contributed by atoms with Gasteiger partial charge in [-0.25, -0.2) is 0 Å². The van der Waals surface area contributed by atoms with Crippen molar-refractivity contribution < 1.29 is 9.53 Å². The number of ketones is 1. The largest absolute Gasteiger partial charge is 0.493 e. The van der Waals surface area contributed by atoms with Crippen LogP contribution >= 0.6 is 11.8 Å². The van der Waals surface area contributed by atoms with Crippen LogP contribution in [0.25, 0.3) is 0 Å². The van der Waals surface area contributed by atoms with Gasteiger partial charge in [0.05, 0.1) is 18.4 Å². The van der Waals surface area contributed by atoms with Gasteiger partial charge in [-0.3, -0.25) is 4.79 Å². The average molecular weight is 389 g/mol. The first-order chi connectivity index (χ1) is 13.1. The van der Waals surface area contributed by atoms with Gasteiger partial charge in [0.1, 0.15) is 5.75 Å². The van der Waals surface area contributed by atoms with E-state index < -0.39 is 0 Å². The smallest absolute Gasteiger partial charge is 0.211 e. The number of ether oxygens (including phenoxy) is 1. The fraction of sp³-hybridized carbons (Fsp3) is 0.500. The van der Waals surface area contributed by atoms with Crippen molar-refractivity contribution in [3.63, 3.8) is 0 Å². The van der Waals surface area contributed by atoms with E-state index in [0.717, 1.165) is 18.7 Å². The molecule has 7 heteroatoms. The highest BCUT2D eigenvalue weighted by atomic mass is 32.2. The van der Waals surface area contributed by atoms with Gasteiger partial charge in [-0.1, -0.05) is 63.9 Å². The molecule has 2 aromatic rings. The third-order valence-corrected chi connectivity index (χ3v) is 4.65. The minimum absolute atomic E-state index is 0.157. The van der Waals surface area contributed by atoms with Gasteiger partial charge in [0.15, 0.2) is 5.82 Å². The monoisotopic (exact) mass is 388 g/mol. The lowest BCUT2D eigenvalue weighted by atomic mass is 10.1. The summed E-state index contributed by atoms with van der Waals surface area (Å²) in [6.45, 7) is 6.82. The molecule has 0 spiro atoms. The summed E-state index contributed by atoms with van der Waals surface area (Å²) in [5.74, 6) is 1.28. The number of hydrogen-bond donors (Lipinski definition) is 0. The van der Waals surface area contributed by atoms with Crippen LogP contribution in [0.1, 0.15) is 68.6 Å². The predicted octanol–water partition coefficient (Wildman–Crippen LogP) is 4.80. The van der Waals surface area contributed by atoms with Crippen LogP contribution in [0.5, 0.6) is 5.75 Å². The molecule has 0 fully saturated rings. The maximum Gasteiger partial charge on any atom is 0.211 e. The lowest BCUT2D eigenvalue weighted by molar-refractivity contribution is 0.106. The zero-order valence-corrected chi connectivity index (χ0v) is 17.3. The Hall–Kier alpha value is -2.15. The molecular weight excluding hydrogens is 360 g/mol. The van der Waals surface area contributed by atoms with Crippen LogP contribution in [0.3, 0.4) is 0 Å². The summed E-state index contributed by atoms with van der Waals surface area (Å²) in [5.41, 5.74) is 0.515. The fourth-order valence-electron chi connectivity index (χ4n) is 2.56. The molecule has 0 bridgehead atoms. The van der Waals surface area contributed by atoms with Crippen molar-refractivity contribution in [2.24, 2.45) is 5.10 Å². The van der Waals surface area contributed by atoms with E-state index in [2.05, 4.69) is 22.2 Å². The Bertz CT molecular complexity index is 771. The normalized spacial score (nSPS) is 11.4. The highest BCUT2D eigenvalue weighted by Gasteiger charge is 2.15. The lowest BCUT2D eigenvalue weighted by Crippen LogP contribution is -2.08. The van der Waals surface area contributed by atoms with Gasteiger partial charge < -0.3 is 4.74 Å². The molecule has 0 aliphatic carbocycles. The van der Waals surface area contributed by atoms with Crippen LogP contribution in [0.4, 0.5) is 0 Å². The zero-order chi connectivity index (χ0) is 19.6. The Labute approximate surface area is 165 Å². The number of carbonyl (C=O) groups excluding carboxylic acids is 1. The molecule has 0 amide bonds. The van der Waals surface area contributed by atoms with Gasteiger partial charge >= 0.3 is 0 Å². The Morgan fingerprint density at radius 1 is 1.26 bits per heavy atom. The SMILES string of the molecule is CCCCCCOc1ccccc1C(=O)/C=N\n1c(SC)nnc1C(C)C. The van der Waals surface area contributed by atoms with Gasteiger partial charge in [0.25, 0.3) is 0 Å². The molecule has 0 saturated heterocycles. The number of benzene rings is 1. The number of nitrogens with zero attached hydrogens (tertiary/aromatic N) is 4. The first kappa shape index (κ1) is 21.2. The van der Waals surface area contributed by atoms with Crippen LogP contribution in [0, 0.1) is 0 Å². The van der Waals surface area contributed by atoms with Crippen LogP contribution < -0.4 is 4.74 Å². The van der Waals surface area contributed by atoms with Gasteiger partial charge in [0, 0.05) is 5.92 Å². The Morgan fingerprint density at radius 2 is 2.04 bits per heavy atom. The summed E-state index contributed by atoms with van der Waals surface area (Å²) in [4.78, 5) is 12.7. The fourth-order valence-corrected chi connectivity index (χ4v) is 3.00. The molecule has 1 heterocycles. The second-order valence-electron chi connectivity index (χ2n) is 6.53. The molecule has 0 saturated carbocycles. The topological polar surface area (TPSA) is 69.4 Å². The Morgan fingerprint density at radius 3 is 2.74 bits per heavy atom. The van der Waals surface area contributed by atoms with Gasteiger partial charge in [-0.2, -0.15) is 9.78 Å². The summed E-state index contributed by atoms with van der Waals surface area (Å²) in [5, 5.41) is 13.3. The van der Waals surface area contributed by atoms with E-state index in [-0.39, 0.29) is 11.7 Å². The maximum atomic E-state index is 12.7. The summed E-state index contributed by atoms with van der Waals surface area (Å²) in [7, 11) is 0. The third kappa shape index (κ3) is 5.92. The van der Waals surface area contributed by atoms with E-state index in [1.807, 2.05) is 38.3 Å². The quantitative estimate of drug-likeness (QED) is 0.239. The van der Waals surface area contributed by atoms with Crippen molar-refractivity contribution in [3.8, 4) is 5.75 Å². The molecule has 0 radical (unpaired) electrons. The number of carbonyl (C=O) groups is 1. The zero-order valence-electron chi connectivity index (χ0n) is 16.5. The standard InChI is InChI=1S/C20H28N4O2S/c1-5-6-7-10-13-26-18-12-9-8-11-16(18)17(25)14-21-24-19(15(2)3)22-23-20(24)27-4/h8-9,11-12,14-15H,5-7,10,13H2,1-4H3/b21-14-. The van der Waals surface area contributed by atoms with E-state index in [9.17, 15) is 4.79 Å². The van der Waals surface area contributed by atoms with Crippen molar-refractivity contribution >= 4 is 23.8 Å². The third-order valence-electron chi connectivity index (χ3n) is 4.03. The first-order valence-corrected chi connectivity index (χ1v) is 10.6. The van der Waals surface area contributed by atoms with Crippen molar-refractivity contribution in [3.05, 3.63) is 35.7 Å². The van der Waals surface area contributed by atoms with Crippen molar-refractivity contribution in [2.75, 3.05) is 12.9 Å². The molecule has 0 atom stereocenters. The Balaban J connectivity index is 2.12. The van der Waals surface area contributed by atoms with Gasteiger partial charge in [0.2, 0.25) is 10.9 Å². The molecule has 0 aliphatic heterocycles. The predicted molar refractivity (Wildman–Crippen MR) is 110 cm³/mol. The first-order valence-electron chi connectivity index (χ1n) is 9.38. The molecule has 0 unspecified atom stereocenters. The van der Waals surface area contributed by atoms with E-state index >= 15 is 0 Å². The number of hydrogen-bond acceptors (Lipinski definition) is 6. The number of para-hydroxylation sites is 1. The summed E-state index contributed by atoms with van der Waals surface area (Å²) in [6.07, 6.45) is 7.73. The molecule has 146 valence electrons. The van der Waals surface area contributed by atoms with E-state index in [1.54, 1.807) is 10.7 Å². The second-order valence-corrected chi connectivity index (χ2v) is 7.30. The van der Waals surface area contributed by atoms with E-state index in [0.29, 0.717) is 23.1 Å². The van der Waals surface area contributed by atoms with E-state index in [4.69, 9.17) is 4.74 Å². The molecular formula is C20H28N4O2S. The molecule has 0 N–H and O–H groups in total. The highest BCUT2D eigenvalue weighted by molar-refractivity contribution is 7.98. The number of rotatable bonds is 11. The minimum atomic E-state index is -0.199. The second kappa shape index (κ2) is 10.9. The van der Waals surface area contributed by atoms with Crippen LogP contribution in [-0.2, 0) is 0 Å². The molecule has 2 rings (SSSR count). The minimum Gasteiger partial charge on any atom is -0.493 e. The molecule has 0 aliphatic rings. The molecule has 27 heavy (non-hydrogen) atoms. The number of thioether (sulfide) groups is 1. The van der Waals surface area contributed by atoms with E-state index in [1.165, 1.54) is 30.8 Å². The number of unbranched alkanes of at least 4 members (excludes halogenated alkanes) is 3. The highest BCUT2D eigenvalue weighted by Crippen LogP contribution is 2.21. The average Bonchev–Trinajstić information content (AvgIpc) is 3.09. The van der Waals surface area contributed by atoms with Crippen molar-refractivity contribution in [1.29, 1.82) is 0 Å². The number of aromatic nitrogens is 3. The van der Waals surface area contributed by atoms with Crippen LogP contribution in [0.15, 0.2) is 34.5 Å². The summed E-state index contributed by atoms with van der Waals surface area (Å²) in [6, 6.07) is 7.29. The summed E-state index contributed by atoms with van der Waals surface area (Å²) >= 11 is 1.44.